The topological polar surface area (TPSA) is 45.2 Å². The van der Waals surface area contributed by atoms with Gasteiger partial charge in [0.2, 0.25) is 5.91 Å². The number of carbonyl (C=O) groups is 1. The summed E-state index contributed by atoms with van der Waals surface area (Å²) in [6.45, 7) is 0.687. The van der Waals surface area contributed by atoms with Crippen LogP contribution in [-0.4, -0.2) is 34.9 Å². The molecule has 1 N–H and O–H groups in total. The SMILES string of the molecule is CN1CC[C@]2(CC[C@@H](c3cc(-c4ccc(C(F)(F)F)cc4)c(F)cn3)N2)C1=O.Cl. The van der Waals surface area contributed by atoms with Crippen LogP contribution in [0, 0.1) is 5.82 Å². The van der Waals surface area contributed by atoms with Gasteiger partial charge >= 0.3 is 6.18 Å². The minimum atomic E-state index is -4.44. The van der Waals surface area contributed by atoms with Crippen molar-refractivity contribution in [3.8, 4) is 11.1 Å². The van der Waals surface area contributed by atoms with Crippen molar-refractivity contribution in [3.05, 3.63) is 53.6 Å². The molecule has 156 valence electrons. The van der Waals surface area contributed by atoms with E-state index in [0.717, 1.165) is 18.3 Å². The third-order valence-electron chi connectivity index (χ3n) is 5.70. The van der Waals surface area contributed by atoms with Gasteiger partial charge in [-0.05, 0) is 43.0 Å². The molecule has 0 bridgehead atoms. The Kier molecular flexibility index (Phi) is 5.62. The third kappa shape index (κ3) is 3.83. The highest BCUT2D eigenvalue weighted by Gasteiger charge is 2.50. The third-order valence-corrected chi connectivity index (χ3v) is 5.70. The van der Waals surface area contributed by atoms with Gasteiger partial charge in [-0.25, -0.2) is 4.39 Å². The van der Waals surface area contributed by atoms with Crippen molar-refractivity contribution in [1.82, 2.24) is 15.2 Å². The zero-order valence-electron chi connectivity index (χ0n) is 15.6. The second kappa shape index (κ2) is 7.57. The molecule has 2 fully saturated rings. The first-order chi connectivity index (χ1) is 13.2. The second-order valence-electron chi connectivity index (χ2n) is 7.46. The Hall–Kier alpha value is -2.19. The number of aromatic nitrogens is 1. The van der Waals surface area contributed by atoms with Crippen LogP contribution in [0.4, 0.5) is 17.6 Å². The van der Waals surface area contributed by atoms with Crippen LogP contribution in [0.15, 0.2) is 36.5 Å². The fourth-order valence-electron chi connectivity index (χ4n) is 4.09. The largest absolute Gasteiger partial charge is 0.416 e. The molecule has 2 aliphatic heterocycles. The molecule has 3 heterocycles. The first-order valence-electron chi connectivity index (χ1n) is 9.06. The maximum Gasteiger partial charge on any atom is 0.416 e. The highest BCUT2D eigenvalue weighted by molar-refractivity contribution is 5.88. The van der Waals surface area contributed by atoms with E-state index in [0.29, 0.717) is 37.1 Å². The number of alkyl halides is 3. The van der Waals surface area contributed by atoms with Gasteiger partial charge in [-0.1, -0.05) is 12.1 Å². The minimum absolute atomic E-state index is 0. The molecular weight excluding hydrogens is 410 g/mol. The normalized spacial score (nSPS) is 24.2. The van der Waals surface area contributed by atoms with Gasteiger partial charge in [0.05, 0.1) is 23.5 Å². The van der Waals surface area contributed by atoms with E-state index < -0.39 is 23.1 Å². The molecule has 9 heteroatoms. The number of halogens is 5. The van der Waals surface area contributed by atoms with Crippen LogP contribution in [-0.2, 0) is 11.0 Å². The number of hydrogen-bond donors (Lipinski definition) is 1. The van der Waals surface area contributed by atoms with E-state index in [4.69, 9.17) is 0 Å². The molecule has 2 saturated heterocycles. The van der Waals surface area contributed by atoms with Crippen molar-refractivity contribution >= 4 is 18.3 Å². The lowest BCUT2D eigenvalue weighted by Crippen LogP contribution is -2.47. The molecule has 2 aromatic rings. The van der Waals surface area contributed by atoms with Gasteiger partial charge in [-0.3, -0.25) is 15.1 Å². The number of hydrogen-bond acceptors (Lipinski definition) is 3. The Bertz CT molecular complexity index is 919. The van der Waals surface area contributed by atoms with Crippen molar-refractivity contribution in [2.75, 3.05) is 13.6 Å². The Labute approximate surface area is 171 Å². The summed E-state index contributed by atoms with van der Waals surface area (Å²) in [5, 5.41) is 3.37. The highest BCUT2D eigenvalue weighted by Crippen LogP contribution is 2.39. The summed E-state index contributed by atoms with van der Waals surface area (Å²) < 4.78 is 52.6. The lowest BCUT2D eigenvalue weighted by molar-refractivity contribution is -0.137. The summed E-state index contributed by atoms with van der Waals surface area (Å²) in [5.74, 6) is -0.548. The molecule has 1 aromatic heterocycles. The number of benzene rings is 1. The number of pyridine rings is 1. The quantitative estimate of drug-likeness (QED) is 0.722. The van der Waals surface area contributed by atoms with Gasteiger partial charge in [0.25, 0.3) is 0 Å². The predicted octanol–water partition coefficient (Wildman–Crippen LogP) is 4.35. The Morgan fingerprint density at radius 2 is 1.90 bits per heavy atom. The van der Waals surface area contributed by atoms with Gasteiger partial charge in [0.1, 0.15) is 11.4 Å². The smallest absolute Gasteiger partial charge is 0.344 e. The van der Waals surface area contributed by atoms with Gasteiger partial charge < -0.3 is 4.90 Å². The fraction of sp³-hybridized carbons (Fsp3) is 0.400. The van der Waals surface area contributed by atoms with Crippen molar-refractivity contribution in [3.63, 3.8) is 0 Å². The Balaban J connectivity index is 0.00000240. The molecule has 1 aromatic carbocycles. The number of rotatable bonds is 2. The molecule has 0 aliphatic carbocycles. The van der Waals surface area contributed by atoms with Crippen LogP contribution in [0.1, 0.15) is 36.6 Å². The van der Waals surface area contributed by atoms with Crippen molar-refractivity contribution < 1.29 is 22.4 Å². The minimum Gasteiger partial charge on any atom is -0.344 e. The lowest BCUT2D eigenvalue weighted by Gasteiger charge is -2.23. The summed E-state index contributed by atoms with van der Waals surface area (Å²) >= 11 is 0. The highest BCUT2D eigenvalue weighted by atomic mass is 35.5. The molecule has 1 spiro atoms. The van der Waals surface area contributed by atoms with E-state index in [2.05, 4.69) is 10.3 Å². The van der Waals surface area contributed by atoms with E-state index in [1.807, 2.05) is 0 Å². The maximum absolute atomic E-state index is 14.3. The Morgan fingerprint density at radius 3 is 2.48 bits per heavy atom. The van der Waals surface area contributed by atoms with Crippen LogP contribution < -0.4 is 5.32 Å². The van der Waals surface area contributed by atoms with Crippen molar-refractivity contribution in [2.45, 2.75) is 37.0 Å². The van der Waals surface area contributed by atoms with Gasteiger partial charge in [0, 0.05) is 19.2 Å². The van der Waals surface area contributed by atoms with Crippen molar-refractivity contribution in [1.29, 1.82) is 0 Å². The van der Waals surface area contributed by atoms with Crippen LogP contribution in [0.2, 0.25) is 0 Å². The van der Waals surface area contributed by atoms with Gasteiger partial charge in [-0.15, -0.1) is 12.4 Å². The van der Waals surface area contributed by atoms with E-state index in [1.54, 1.807) is 18.0 Å². The summed E-state index contributed by atoms with van der Waals surface area (Å²) in [6.07, 6.45) is -1.28. The summed E-state index contributed by atoms with van der Waals surface area (Å²) in [7, 11) is 1.77. The summed E-state index contributed by atoms with van der Waals surface area (Å²) in [6, 6.07) is 5.73. The average molecular weight is 430 g/mol. The fourth-order valence-corrected chi connectivity index (χ4v) is 4.09. The van der Waals surface area contributed by atoms with E-state index in [1.165, 1.54) is 12.1 Å². The number of likely N-dealkylation sites (tertiary alicyclic amines) is 1. The second-order valence-corrected chi connectivity index (χ2v) is 7.46. The van der Waals surface area contributed by atoms with Crippen LogP contribution in [0.5, 0.6) is 0 Å². The molecule has 29 heavy (non-hydrogen) atoms. The summed E-state index contributed by atoms with van der Waals surface area (Å²) in [5.41, 5.74) is -0.260. The van der Waals surface area contributed by atoms with Crippen molar-refractivity contribution in [2.24, 2.45) is 0 Å². The molecule has 1 amide bonds. The van der Waals surface area contributed by atoms with Crippen LogP contribution in [0.25, 0.3) is 11.1 Å². The molecule has 0 unspecified atom stereocenters. The molecule has 4 nitrogen and oxygen atoms in total. The molecule has 0 saturated carbocycles. The zero-order chi connectivity index (χ0) is 20.1. The lowest BCUT2D eigenvalue weighted by atomic mass is 9.96. The van der Waals surface area contributed by atoms with E-state index >= 15 is 0 Å². The average Bonchev–Trinajstić information content (AvgIpc) is 3.22. The molecule has 2 aliphatic rings. The Morgan fingerprint density at radius 1 is 1.21 bits per heavy atom. The predicted molar refractivity (Wildman–Crippen MR) is 102 cm³/mol. The molecular formula is C20H20ClF4N3O. The first kappa shape index (κ1) is 21.5. The maximum atomic E-state index is 14.3. The number of nitrogens with zero attached hydrogens (tertiary/aromatic N) is 2. The molecule has 0 radical (unpaired) electrons. The molecule has 4 rings (SSSR count). The van der Waals surface area contributed by atoms with Gasteiger partial charge in [-0.2, -0.15) is 13.2 Å². The van der Waals surface area contributed by atoms with E-state index in [9.17, 15) is 22.4 Å². The summed E-state index contributed by atoms with van der Waals surface area (Å²) in [4.78, 5) is 18.3. The zero-order valence-corrected chi connectivity index (χ0v) is 16.4. The molecule has 2 atom stereocenters. The standard InChI is InChI=1S/C20H19F4N3O.ClH/c1-27-9-8-19(18(27)28)7-6-16(26-19)17-10-14(15(21)11-25-17)12-2-4-13(5-3-12)20(22,23)24;/h2-5,10-11,16,26H,6-9H2,1H3;1H/t16-,19+;/m0./s1. The first-order valence-corrected chi connectivity index (χ1v) is 9.06. The number of nitrogens with one attached hydrogen (secondary N) is 1. The monoisotopic (exact) mass is 429 g/mol. The number of likely N-dealkylation sites (N-methyl/N-ethyl adjacent to an activating group) is 1. The van der Waals surface area contributed by atoms with Gasteiger partial charge in [0.15, 0.2) is 0 Å². The number of carbonyl (C=O) groups excluding carboxylic acids is 1. The van der Waals surface area contributed by atoms with Crippen LogP contribution in [0.3, 0.4) is 0 Å². The number of amides is 1. The van der Waals surface area contributed by atoms with E-state index in [-0.39, 0.29) is 29.9 Å². The van der Waals surface area contributed by atoms with Crippen LogP contribution >= 0.6 is 12.4 Å².